The molecule has 4 nitrogen and oxygen atoms in total. The highest BCUT2D eigenvalue weighted by Gasteiger charge is 2.21. The quantitative estimate of drug-likeness (QED) is 0.757. The third-order valence-electron chi connectivity index (χ3n) is 3.81. The van der Waals surface area contributed by atoms with Gasteiger partial charge >= 0.3 is 0 Å². The Labute approximate surface area is 128 Å². The lowest BCUT2D eigenvalue weighted by Crippen LogP contribution is -2.45. The van der Waals surface area contributed by atoms with Crippen LogP contribution in [0, 0.1) is 0 Å². The maximum atomic E-state index is 9.40. The predicted molar refractivity (Wildman–Crippen MR) is 85.5 cm³/mol. The summed E-state index contributed by atoms with van der Waals surface area (Å²) in [6.45, 7) is 9.41. The molecule has 1 fully saturated rings. The molecule has 1 aromatic carbocycles. The van der Waals surface area contributed by atoms with E-state index in [1.807, 2.05) is 18.2 Å². The zero-order valence-corrected chi connectivity index (χ0v) is 13.2. The van der Waals surface area contributed by atoms with Gasteiger partial charge in [-0.25, -0.2) is 0 Å². The molecule has 21 heavy (non-hydrogen) atoms. The molecule has 0 bridgehead atoms. The SMILES string of the molecule is CC1CN(CCCCNCc2cccc(O)c2)CC(C)O1. The van der Waals surface area contributed by atoms with Crippen molar-refractivity contribution in [2.24, 2.45) is 0 Å². The van der Waals surface area contributed by atoms with Crippen LogP contribution in [0.3, 0.4) is 0 Å². The van der Waals surface area contributed by atoms with Crippen molar-refractivity contribution in [3.05, 3.63) is 29.8 Å². The van der Waals surface area contributed by atoms with Gasteiger partial charge in [-0.3, -0.25) is 4.90 Å². The van der Waals surface area contributed by atoms with E-state index in [0.717, 1.165) is 38.3 Å². The van der Waals surface area contributed by atoms with E-state index >= 15 is 0 Å². The smallest absolute Gasteiger partial charge is 0.115 e. The molecule has 2 N–H and O–H groups in total. The van der Waals surface area contributed by atoms with Crippen molar-refractivity contribution >= 4 is 0 Å². The standard InChI is InChI=1S/C17H28N2O2/c1-14-12-19(13-15(2)21-14)9-4-3-8-18-11-16-6-5-7-17(20)10-16/h5-7,10,14-15,18,20H,3-4,8-9,11-13H2,1-2H3. The largest absolute Gasteiger partial charge is 0.508 e. The summed E-state index contributed by atoms with van der Waals surface area (Å²) in [5.74, 6) is 0.338. The van der Waals surface area contributed by atoms with E-state index < -0.39 is 0 Å². The Balaban J connectivity index is 1.54. The first-order chi connectivity index (χ1) is 10.1. The number of nitrogens with zero attached hydrogens (tertiary/aromatic N) is 1. The Bertz CT molecular complexity index is 415. The number of ether oxygens (including phenoxy) is 1. The maximum absolute atomic E-state index is 9.40. The molecule has 2 rings (SSSR count). The number of benzene rings is 1. The molecule has 0 spiro atoms. The second-order valence-electron chi connectivity index (χ2n) is 6.07. The van der Waals surface area contributed by atoms with Crippen molar-refractivity contribution in [1.29, 1.82) is 0 Å². The lowest BCUT2D eigenvalue weighted by molar-refractivity contribution is -0.0681. The molecule has 0 aliphatic carbocycles. The lowest BCUT2D eigenvalue weighted by Gasteiger charge is -2.35. The lowest BCUT2D eigenvalue weighted by atomic mass is 10.2. The number of phenols is 1. The molecular weight excluding hydrogens is 264 g/mol. The molecule has 1 aliphatic heterocycles. The van der Waals surface area contributed by atoms with Crippen molar-refractivity contribution < 1.29 is 9.84 Å². The molecule has 0 radical (unpaired) electrons. The highest BCUT2D eigenvalue weighted by molar-refractivity contribution is 5.26. The molecule has 2 atom stereocenters. The summed E-state index contributed by atoms with van der Waals surface area (Å²) >= 11 is 0. The minimum absolute atomic E-state index is 0.338. The van der Waals surface area contributed by atoms with E-state index in [-0.39, 0.29) is 0 Å². The molecule has 0 saturated carbocycles. The van der Waals surface area contributed by atoms with Gasteiger partial charge in [-0.05, 0) is 57.5 Å². The first kappa shape index (κ1) is 16.3. The Hall–Kier alpha value is -1.10. The van der Waals surface area contributed by atoms with Crippen molar-refractivity contribution in [2.75, 3.05) is 26.2 Å². The fraction of sp³-hybridized carbons (Fsp3) is 0.647. The van der Waals surface area contributed by atoms with Gasteiger partial charge in [0.05, 0.1) is 12.2 Å². The van der Waals surface area contributed by atoms with Crippen LogP contribution in [0.2, 0.25) is 0 Å². The van der Waals surface area contributed by atoms with Crippen LogP contribution < -0.4 is 5.32 Å². The number of nitrogens with one attached hydrogen (secondary N) is 1. The number of rotatable bonds is 7. The van der Waals surface area contributed by atoms with E-state index in [1.165, 1.54) is 12.8 Å². The zero-order valence-electron chi connectivity index (χ0n) is 13.2. The number of phenolic OH excluding ortho intramolecular Hbond substituents is 1. The van der Waals surface area contributed by atoms with Crippen LogP contribution in [0.1, 0.15) is 32.3 Å². The van der Waals surface area contributed by atoms with Crippen LogP contribution in [0.25, 0.3) is 0 Å². The van der Waals surface area contributed by atoms with Gasteiger partial charge in [-0.1, -0.05) is 12.1 Å². The van der Waals surface area contributed by atoms with Gasteiger partial charge in [-0.2, -0.15) is 0 Å². The predicted octanol–water partition coefficient (Wildman–Crippen LogP) is 2.37. The first-order valence-corrected chi connectivity index (χ1v) is 8.00. The topological polar surface area (TPSA) is 44.7 Å². The first-order valence-electron chi connectivity index (χ1n) is 8.00. The van der Waals surface area contributed by atoms with Crippen LogP contribution >= 0.6 is 0 Å². The number of morpholine rings is 1. The minimum Gasteiger partial charge on any atom is -0.508 e. The number of aromatic hydroxyl groups is 1. The molecule has 0 amide bonds. The normalized spacial score (nSPS) is 23.3. The molecule has 1 aromatic rings. The molecule has 0 aromatic heterocycles. The Morgan fingerprint density at radius 2 is 2.00 bits per heavy atom. The van der Waals surface area contributed by atoms with E-state index in [0.29, 0.717) is 18.0 Å². The molecule has 2 unspecified atom stereocenters. The van der Waals surface area contributed by atoms with E-state index in [2.05, 4.69) is 24.1 Å². The van der Waals surface area contributed by atoms with Gasteiger partial charge in [-0.15, -0.1) is 0 Å². The van der Waals surface area contributed by atoms with Crippen molar-refractivity contribution in [2.45, 2.75) is 45.4 Å². The second-order valence-corrected chi connectivity index (χ2v) is 6.07. The van der Waals surface area contributed by atoms with Gasteiger partial charge in [0.25, 0.3) is 0 Å². The van der Waals surface area contributed by atoms with E-state index in [9.17, 15) is 5.11 Å². The highest BCUT2D eigenvalue weighted by atomic mass is 16.5. The summed E-state index contributed by atoms with van der Waals surface area (Å²) in [6.07, 6.45) is 3.11. The van der Waals surface area contributed by atoms with Gasteiger partial charge in [0, 0.05) is 19.6 Å². The van der Waals surface area contributed by atoms with Gasteiger partial charge in [0.2, 0.25) is 0 Å². The van der Waals surface area contributed by atoms with Gasteiger partial charge < -0.3 is 15.2 Å². The van der Waals surface area contributed by atoms with Crippen LogP contribution in [-0.2, 0) is 11.3 Å². The third-order valence-corrected chi connectivity index (χ3v) is 3.81. The zero-order chi connectivity index (χ0) is 15.1. The summed E-state index contributed by atoms with van der Waals surface area (Å²) < 4.78 is 5.75. The molecular formula is C17H28N2O2. The molecule has 118 valence electrons. The van der Waals surface area contributed by atoms with E-state index in [1.54, 1.807) is 6.07 Å². The fourth-order valence-electron chi connectivity index (χ4n) is 2.95. The summed E-state index contributed by atoms with van der Waals surface area (Å²) in [6, 6.07) is 7.42. The average molecular weight is 292 g/mol. The molecule has 1 saturated heterocycles. The van der Waals surface area contributed by atoms with Crippen molar-refractivity contribution in [1.82, 2.24) is 10.2 Å². The molecule has 1 aliphatic rings. The van der Waals surface area contributed by atoms with Crippen LogP contribution in [0.15, 0.2) is 24.3 Å². The average Bonchev–Trinajstić information content (AvgIpc) is 2.42. The van der Waals surface area contributed by atoms with E-state index in [4.69, 9.17) is 4.74 Å². The van der Waals surface area contributed by atoms with Gasteiger partial charge in [0.15, 0.2) is 0 Å². The Morgan fingerprint density at radius 3 is 2.71 bits per heavy atom. The Kier molecular flexibility index (Phi) is 6.49. The second kappa shape index (κ2) is 8.37. The molecule has 4 heteroatoms. The van der Waals surface area contributed by atoms with Crippen molar-refractivity contribution in [3.8, 4) is 5.75 Å². The number of unbranched alkanes of at least 4 members (excludes halogenated alkanes) is 1. The van der Waals surface area contributed by atoms with Crippen LogP contribution in [0.4, 0.5) is 0 Å². The number of hydrogen-bond donors (Lipinski definition) is 2. The monoisotopic (exact) mass is 292 g/mol. The maximum Gasteiger partial charge on any atom is 0.115 e. The van der Waals surface area contributed by atoms with Crippen LogP contribution in [-0.4, -0.2) is 48.4 Å². The van der Waals surface area contributed by atoms with Crippen LogP contribution in [0.5, 0.6) is 5.75 Å². The fourth-order valence-corrected chi connectivity index (χ4v) is 2.95. The summed E-state index contributed by atoms with van der Waals surface area (Å²) in [5, 5.41) is 12.8. The summed E-state index contributed by atoms with van der Waals surface area (Å²) in [4.78, 5) is 2.51. The van der Waals surface area contributed by atoms with Gasteiger partial charge in [0.1, 0.15) is 5.75 Å². The number of hydrogen-bond acceptors (Lipinski definition) is 4. The summed E-state index contributed by atoms with van der Waals surface area (Å²) in [7, 11) is 0. The third kappa shape index (κ3) is 6.04. The summed E-state index contributed by atoms with van der Waals surface area (Å²) in [5.41, 5.74) is 1.13. The Morgan fingerprint density at radius 1 is 1.24 bits per heavy atom. The molecule has 1 heterocycles. The highest BCUT2D eigenvalue weighted by Crippen LogP contribution is 2.12. The van der Waals surface area contributed by atoms with Crippen molar-refractivity contribution in [3.63, 3.8) is 0 Å². The minimum atomic E-state index is 0.338.